The Morgan fingerprint density at radius 1 is 1.14 bits per heavy atom. The first-order valence-corrected chi connectivity index (χ1v) is 9.97. The van der Waals surface area contributed by atoms with Crippen LogP contribution in [0.3, 0.4) is 0 Å². The Bertz CT molecular complexity index is 1020. The zero-order valence-corrected chi connectivity index (χ0v) is 16.0. The fraction of sp³-hybridized carbons (Fsp3) is 0.318. The Kier molecular flexibility index (Phi) is 4.23. The van der Waals surface area contributed by atoms with Crippen molar-refractivity contribution in [2.24, 2.45) is 0 Å². The van der Waals surface area contributed by atoms with Gasteiger partial charge in [0.05, 0.1) is 11.7 Å². The van der Waals surface area contributed by atoms with E-state index in [-0.39, 0.29) is 17.9 Å². The van der Waals surface area contributed by atoms with Crippen LogP contribution in [0.4, 0.5) is 5.69 Å². The summed E-state index contributed by atoms with van der Waals surface area (Å²) < 4.78 is 1.95. The molecule has 7 heteroatoms. The Balaban J connectivity index is 1.36. The van der Waals surface area contributed by atoms with Gasteiger partial charge in [-0.05, 0) is 36.6 Å². The van der Waals surface area contributed by atoms with Crippen molar-refractivity contribution in [1.29, 1.82) is 0 Å². The normalized spacial score (nSPS) is 18.5. The Labute approximate surface area is 168 Å². The van der Waals surface area contributed by atoms with Gasteiger partial charge in [0.1, 0.15) is 6.04 Å². The number of benzene rings is 1. The molecular weight excluding hydrogens is 366 g/mol. The van der Waals surface area contributed by atoms with Crippen molar-refractivity contribution in [1.82, 2.24) is 19.4 Å². The van der Waals surface area contributed by atoms with Crippen LogP contribution in [-0.2, 0) is 21.4 Å². The molecule has 1 spiro atoms. The number of hydrogen-bond donors (Lipinski definition) is 2. The number of nitrogens with zero attached hydrogens (tertiary/aromatic N) is 3. The number of imidazole rings is 1. The van der Waals surface area contributed by atoms with Crippen LogP contribution in [-0.4, -0.2) is 44.3 Å². The van der Waals surface area contributed by atoms with Crippen molar-refractivity contribution in [3.05, 3.63) is 72.6 Å². The van der Waals surface area contributed by atoms with E-state index < -0.39 is 5.41 Å². The van der Waals surface area contributed by atoms with Gasteiger partial charge in [-0.15, -0.1) is 0 Å². The molecule has 1 atom stereocenters. The second kappa shape index (κ2) is 6.92. The summed E-state index contributed by atoms with van der Waals surface area (Å²) in [6.45, 7) is 1.14. The molecule has 1 saturated heterocycles. The Morgan fingerprint density at radius 2 is 1.90 bits per heavy atom. The summed E-state index contributed by atoms with van der Waals surface area (Å²) in [4.78, 5) is 35.3. The van der Waals surface area contributed by atoms with Crippen molar-refractivity contribution < 1.29 is 9.59 Å². The van der Waals surface area contributed by atoms with E-state index in [9.17, 15) is 9.59 Å². The number of aromatic amines is 1. The maximum atomic E-state index is 13.4. The van der Waals surface area contributed by atoms with Crippen LogP contribution in [0.5, 0.6) is 0 Å². The van der Waals surface area contributed by atoms with Crippen molar-refractivity contribution in [2.75, 3.05) is 18.4 Å². The standard InChI is InChI=1S/C22H23N5O2/c28-20(19(26-9-3-4-10-26)13-16-14-23-15-24-16)27-11-7-22(8-12-27)17-5-1-2-6-18(17)25-21(22)29/h1-6,9-10,14-15,19H,7-8,11-13H2,(H,23,24)(H,25,29)/t19-/m0/s1. The third-order valence-electron chi connectivity index (χ3n) is 6.29. The van der Waals surface area contributed by atoms with Crippen molar-refractivity contribution in [3.8, 4) is 0 Å². The summed E-state index contributed by atoms with van der Waals surface area (Å²) in [6.07, 6.45) is 9.07. The largest absolute Gasteiger partial charge is 0.348 e. The molecule has 2 amide bonds. The molecule has 4 heterocycles. The highest BCUT2D eigenvalue weighted by Crippen LogP contribution is 2.45. The number of para-hydroxylation sites is 1. The molecule has 0 saturated carbocycles. The first-order chi connectivity index (χ1) is 14.2. The van der Waals surface area contributed by atoms with Crippen molar-refractivity contribution >= 4 is 17.5 Å². The number of piperidine rings is 1. The number of amides is 2. The second-order valence-electron chi connectivity index (χ2n) is 7.83. The summed E-state index contributed by atoms with van der Waals surface area (Å²) in [5.74, 6) is 0.141. The van der Waals surface area contributed by atoms with Gasteiger partial charge in [0.2, 0.25) is 11.8 Å². The van der Waals surface area contributed by atoms with Crippen LogP contribution >= 0.6 is 0 Å². The van der Waals surface area contributed by atoms with E-state index in [1.807, 2.05) is 58.3 Å². The first kappa shape index (κ1) is 17.7. The monoisotopic (exact) mass is 389 g/mol. The molecule has 2 aromatic heterocycles. The lowest BCUT2D eigenvalue weighted by atomic mass is 9.73. The van der Waals surface area contributed by atoms with E-state index in [0.29, 0.717) is 32.4 Å². The molecule has 2 aliphatic heterocycles. The van der Waals surface area contributed by atoms with Gasteiger partial charge in [0.25, 0.3) is 0 Å². The fourth-order valence-electron chi connectivity index (χ4n) is 4.67. The number of H-pyrrole nitrogens is 1. The molecule has 0 unspecified atom stereocenters. The third-order valence-corrected chi connectivity index (χ3v) is 6.29. The topological polar surface area (TPSA) is 83.0 Å². The number of carbonyl (C=O) groups excluding carboxylic acids is 2. The van der Waals surface area contributed by atoms with Gasteiger partial charge in [-0.1, -0.05) is 18.2 Å². The van der Waals surface area contributed by atoms with E-state index >= 15 is 0 Å². The van der Waals surface area contributed by atoms with Gasteiger partial charge in [-0.25, -0.2) is 4.98 Å². The molecule has 148 valence electrons. The van der Waals surface area contributed by atoms with E-state index in [0.717, 1.165) is 16.9 Å². The van der Waals surface area contributed by atoms with Crippen LogP contribution in [0.2, 0.25) is 0 Å². The molecule has 5 rings (SSSR count). The number of carbonyl (C=O) groups is 2. The molecule has 0 radical (unpaired) electrons. The van der Waals surface area contributed by atoms with Crippen molar-refractivity contribution in [2.45, 2.75) is 30.7 Å². The molecule has 0 aliphatic carbocycles. The number of rotatable bonds is 4. The molecule has 29 heavy (non-hydrogen) atoms. The Morgan fingerprint density at radius 3 is 2.62 bits per heavy atom. The van der Waals surface area contributed by atoms with Gasteiger partial charge in [0.15, 0.2) is 0 Å². The zero-order chi connectivity index (χ0) is 19.8. The minimum atomic E-state index is -0.514. The van der Waals surface area contributed by atoms with Crippen LogP contribution < -0.4 is 5.32 Å². The van der Waals surface area contributed by atoms with E-state index in [2.05, 4.69) is 15.3 Å². The third kappa shape index (κ3) is 2.93. The van der Waals surface area contributed by atoms with Crippen molar-refractivity contribution in [3.63, 3.8) is 0 Å². The molecule has 7 nitrogen and oxygen atoms in total. The number of aromatic nitrogens is 3. The van der Waals surface area contributed by atoms with Gasteiger partial charge in [-0.2, -0.15) is 0 Å². The molecule has 3 aromatic rings. The summed E-state index contributed by atoms with van der Waals surface area (Å²) in [5.41, 5.74) is 2.38. The smallest absolute Gasteiger partial charge is 0.246 e. The Hall–Kier alpha value is -3.35. The van der Waals surface area contributed by atoms with E-state index in [1.165, 1.54) is 0 Å². The number of fused-ring (bicyclic) bond motifs is 2. The SMILES string of the molecule is O=C([C@H](Cc1cnc[nH]1)n1cccc1)N1CCC2(CC1)C(=O)Nc1ccccc12. The molecule has 2 aliphatic rings. The molecule has 0 bridgehead atoms. The number of nitrogens with one attached hydrogen (secondary N) is 2. The summed E-state index contributed by atoms with van der Waals surface area (Å²) in [5, 5.41) is 3.02. The van der Waals surface area contributed by atoms with E-state index in [4.69, 9.17) is 0 Å². The van der Waals surface area contributed by atoms with Gasteiger partial charge in [-0.3, -0.25) is 9.59 Å². The first-order valence-electron chi connectivity index (χ1n) is 9.97. The lowest BCUT2D eigenvalue weighted by Gasteiger charge is -2.39. The van der Waals surface area contributed by atoms with Crippen LogP contribution in [0.25, 0.3) is 0 Å². The zero-order valence-electron chi connectivity index (χ0n) is 16.0. The molecule has 2 N–H and O–H groups in total. The summed E-state index contributed by atoms with van der Waals surface area (Å²) in [6, 6.07) is 11.4. The highest BCUT2D eigenvalue weighted by molar-refractivity contribution is 6.06. The predicted molar refractivity (Wildman–Crippen MR) is 108 cm³/mol. The second-order valence-corrected chi connectivity index (χ2v) is 7.83. The minimum absolute atomic E-state index is 0.0604. The average Bonchev–Trinajstić information content (AvgIpc) is 3.49. The average molecular weight is 389 g/mol. The maximum Gasteiger partial charge on any atom is 0.246 e. The summed E-state index contributed by atoms with van der Waals surface area (Å²) in [7, 11) is 0. The van der Waals surface area contributed by atoms with Gasteiger partial charge >= 0.3 is 0 Å². The van der Waals surface area contributed by atoms with Crippen LogP contribution in [0.15, 0.2) is 61.3 Å². The highest BCUT2D eigenvalue weighted by atomic mass is 16.2. The lowest BCUT2D eigenvalue weighted by Crippen LogP contribution is -2.50. The van der Waals surface area contributed by atoms with Crippen LogP contribution in [0, 0.1) is 0 Å². The molecular formula is C22H23N5O2. The number of hydrogen-bond acceptors (Lipinski definition) is 3. The number of anilines is 1. The quantitative estimate of drug-likeness (QED) is 0.719. The number of likely N-dealkylation sites (tertiary alicyclic amines) is 1. The summed E-state index contributed by atoms with van der Waals surface area (Å²) >= 11 is 0. The van der Waals surface area contributed by atoms with Crippen LogP contribution in [0.1, 0.15) is 30.1 Å². The maximum absolute atomic E-state index is 13.4. The molecule has 1 aromatic carbocycles. The van der Waals surface area contributed by atoms with E-state index in [1.54, 1.807) is 12.5 Å². The molecule has 1 fully saturated rings. The van der Waals surface area contributed by atoms with Gasteiger partial charge < -0.3 is 19.8 Å². The lowest BCUT2D eigenvalue weighted by molar-refractivity contribution is -0.138. The van der Waals surface area contributed by atoms with Gasteiger partial charge in [0, 0.05) is 49.5 Å². The minimum Gasteiger partial charge on any atom is -0.348 e. The fourth-order valence-corrected chi connectivity index (χ4v) is 4.67. The highest BCUT2D eigenvalue weighted by Gasteiger charge is 2.49. The predicted octanol–water partition coefficient (Wildman–Crippen LogP) is 2.51.